The summed E-state index contributed by atoms with van der Waals surface area (Å²) in [5, 5.41) is 11.6. The van der Waals surface area contributed by atoms with Gasteiger partial charge in [-0.1, -0.05) is 22.0 Å². The van der Waals surface area contributed by atoms with Gasteiger partial charge in [-0.15, -0.1) is 0 Å². The molecule has 1 unspecified atom stereocenters. The Bertz CT molecular complexity index is 524. The summed E-state index contributed by atoms with van der Waals surface area (Å²) in [6.45, 7) is 0.0717. The molecule has 1 fully saturated rings. The number of hydrogen-bond donors (Lipinski definition) is 2. The highest BCUT2D eigenvalue weighted by atomic mass is 79.9. The molecular formula is C12H12BrFN2O3. The number of aliphatic carboxylic acids is 1. The molecule has 2 N–H and O–H groups in total. The Morgan fingerprint density at radius 3 is 2.95 bits per heavy atom. The van der Waals surface area contributed by atoms with Crippen LogP contribution in [0.25, 0.3) is 0 Å². The standard InChI is InChI=1S/C12H12BrFN2O3/c13-8-2-1-7(9(14)3-8)5-16-6-11(17)15-4-10(16)12(18)19/h1-3,10H,4-6H2,(H,15,17)(H,18,19). The predicted molar refractivity (Wildman–Crippen MR) is 68.9 cm³/mol. The Balaban J connectivity index is 2.18. The van der Waals surface area contributed by atoms with Gasteiger partial charge in [-0.25, -0.2) is 4.39 Å². The summed E-state index contributed by atoms with van der Waals surface area (Å²) in [5.74, 6) is -1.71. The number of hydrogen-bond acceptors (Lipinski definition) is 3. The van der Waals surface area contributed by atoms with Crippen LogP contribution in [0.2, 0.25) is 0 Å². The Kier molecular flexibility index (Phi) is 4.16. The molecule has 0 spiro atoms. The van der Waals surface area contributed by atoms with Crippen molar-refractivity contribution in [3.05, 3.63) is 34.1 Å². The minimum atomic E-state index is -1.03. The van der Waals surface area contributed by atoms with Crippen LogP contribution in [0.4, 0.5) is 4.39 Å². The van der Waals surface area contributed by atoms with Gasteiger partial charge in [-0.2, -0.15) is 0 Å². The first-order chi connectivity index (χ1) is 8.97. The van der Waals surface area contributed by atoms with E-state index in [1.165, 1.54) is 11.0 Å². The van der Waals surface area contributed by atoms with Crippen molar-refractivity contribution in [3.8, 4) is 0 Å². The molecule has 0 bridgehead atoms. The van der Waals surface area contributed by atoms with E-state index in [0.29, 0.717) is 10.0 Å². The third kappa shape index (κ3) is 3.30. The first kappa shape index (κ1) is 14.0. The molecule has 1 aliphatic rings. The number of benzene rings is 1. The maximum atomic E-state index is 13.7. The van der Waals surface area contributed by atoms with Gasteiger partial charge in [0.15, 0.2) is 0 Å². The van der Waals surface area contributed by atoms with E-state index >= 15 is 0 Å². The van der Waals surface area contributed by atoms with Crippen molar-refractivity contribution >= 4 is 27.8 Å². The molecule has 19 heavy (non-hydrogen) atoms. The highest BCUT2D eigenvalue weighted by Crippen LogP contribution is 2.18. The van der Waals surface area contributed by atoms with Crippen LogP contribution in [0, 0.1) is 5.82 Å². The van der Waals surface area contributed by atoms with Gasteiger partial charge in [-0.05, 0) is 12.1 Å². The molecule has 1 amide bonds. The van der Waals surface area contributed by atoms with Crippen molar-refractivity contribution in [2.75, 3.05) is 13.1 Å². The lowest BCUT2D eigenvalue weighted by Gasteiger charge is -2.32. The number of rotatable bonds is 3. The maximum absolute atomic E-state index is 13.7. The molecule has 0 saturated carbocycles. The number of nitrogens with one attached hydrogen (secondary N) is 1. The quantitative estimate of drug-likeness (QED) is 0.866. The fraction of sp³-hybridized carbons (Fsp3) is 0.333. The molecule has 0 aliphatic carbocycles. The topological polar surface area (TPSA) is 69.6 Å². The highest BCUT2D eigenvalue weighted by Gasteiger charge is 2.32. The molecular weight excluding hydrogens is 319 g/mol. The van der Waals surface area contributed by atoms with E-state index in [2.05, 4.69) is 21.2 Å². The van der Waals surface area contributed by atoms with Crippen molar-refractivity contribution in [2.24, 2.45) is 0 Å². The third-order valence-electron chi connectivity index (χ3n) is 2.95. The van der Waals surface area contributed by atoms with Gasteiger partial charge < -0.3 is 10.4 Å². The molecule has 102 valence electrons. The van der Waals surface area contributed by atoms with Crippen LogP contribution < -0.4 is 5.32 Å². The van der Waals surface area contributed by atoms with E-state index in [4.69, 9.17) is 5.11 Å². The lowest BCUT2D eigenvalue weighted by molar-refractivity contribution is -0.146. The number of amides is 1. The van der Waals surface area contributed by atoms with Crippen molar-refractivity contribution in [1.82, 2.24) is 10.2 Å². The molecule has 1 aromatic carbocycles. The van der Waals surface area contributed by atoms with Gasteiger partial charge in [-0.3, -0.25) is 14.5 Å². The van der Waals surface area contributed by atoms with Gasteiger partial charge in [0, 0.05) is 23.1 Å². The molecule has 2 rings (SSSR count). The Hall–Kier alpha value is -1.47. The van der Waals surface area contributed by atoms with E-state index in [-0.39, 0.29) is 25.5 Å². The molecule has 1 atom stereocenters. The largest absolute Gasteiger partial charge is 0.480 e. The minimum Gasteiger partial charge on any atom is -0.480 e. The summed E-state index contributed by atoms with van der Waals surface area (Å²) < 4.78 is 14.3. The molecule has 0 radical (unpaired) electrons. The first-order valence-electron chi connectivity index (χ1n) is 5.65. The van der Waals surface area contributed by atoms with Crippen LogP contribution in [-0.2, 0) is 16.1 Å². The van der Waals surface area contributed by atoms with Crippen LogP contribution >= 0.6 is 15.9 Å². The van der Waals surface area contributed by atoms with Gasteiger partial charge in [0.2, 0.25) is 5.91 Å². The number of nitrogens with zero attached hydrogens (tertiary/aromatic N) is 1. The van der Waals surface area contributed by atoms with Gasteiger partial charge in [0.25, 0.3) is 0 Å². The van der Waals surface area contributed by atoms with Crippen molar-refractivity contribution in [2.45, 2.75) is 12.6 Å². The Labute approximate surface area is 117 Å². The average molecular weight is 331 g/mol. The fourth-order valence-electron chi connectivity index (χ4n) is 1.97. The second-order valence-corrected chi connectivity index (χ2v) is 5.21. The first-order valence-corrected chi connectivity index (χ1v) is 6.44. The Morgan fingerprint density at radius 1 is 1.58 bits per heavy atom. The van der Waals surface area contributed by atoms with E-state index in [9.17, 15) is 14.0 Å². The molecule has 1 heterocycles. The van der Waals surface area contributed by atoms with Crippen LogP contribution in [0.1, 0.15) is 5.56 Å². The van der Waals surface area contributed by atoms with Gasteiger partial charge in [0.1, 0.15) is 11.9 Å². The molecule has 1 aromatic rings. The van der Waals surface area contributed by atoms with E-state index in [1.54, 1.807) is 12.1 Å². The summed E-state index contributed by atoms with van der Waals surface area (Å²) in [6.07, 6.45) is 0. The third-order valence-corrected chi connectivity index (χ3v) is 3.45. The van der Waals surface area contributed by atoms with E-state index in [1.807, 2.05) is 0 Å². The van der Waals surface area contributed by atoms with E-state index in [0.717, 1.165) is 0 Å². The zero-order chi connectivity index (χ0) is 14.0. The predicted octanol–water partition coefficient (Wildman–Crippen LogP) is 0.973. The van der Waals surface area contributed by atoms with Gasteiger partial charge >= 0.3 is 5.97 Å². The van der Waals surface area contributed by atoms with Gasteiger partial charge in [0.05, 0.1) is 6.54 Å². The average Bonchev–Trinajstić information content (AvgIpc) is 2.32. The highest BCUT2D eigenvalue weighted by molar-refractivity contribution is 9.10. The van der Waals surface area contributed by atoms with Crippen LogP contribution in [0.15, 0.2) is 22.7 Å². The molecule has 7 heteroatoms. The summed E-state index contributed by atoms with van der Waals surface area (Å²) in [6, 6.07) is 3.73. The van der Waals surface area contributed by atoms with Crippen LogP contribution in [-0.4, -0.2) is 41.0 Å². The number of piperazine rings is 1. The fourth-order valence-corrected chi connectivity index (χ4v) is 2.30. The zero-order valence-corrected chi connectivity index (χ0v) is 11.5. The number of halogens is 2. The lowest BCUT2D eigenvalue weighted by Crippen LogP contribution is -2.57. The zero-order valence-electron chi connectivity index (χ0n) is 9.90. The number of carboxylic acid groups (broad SMARTS) is 1. The van der Waals surface area contributed by atoms with E-state index < -0.39 is 17.8 Å². The monoisotopic (exact) mass is 330 g/mol. The van der Waals surface area contributed by atoms with Crippen molar-refractivity contribution in [1.29, 1.82) is 0 Å². The second kappa shape index (κ2) is 5.66. The van der Waals surface area contributed by atoms with Crippen molar-refractivity contribution in [3.63, 3.8) is 0 Å². The smallest absolute Gasteiger partial charge is 0.322 e. The molecule has 1 saturated heterocycles. The molecule has 1 aliphatic heterocycles. The number of carbonyl (C=O) groups is 2. The maximum Gasteiger partial charge on any atom is 0.322 e. The van der Waals surface area contributed by atoms with Crippen molar-refractivity contribution < 1.29 is 19.1 Å². The lowest BCUT2D eigenvalue weighted by atomic mass is 10.1. The minimum absolute atomic E-state index is 0.0340. The number of carbonyl (C=O) groups excluding carboxylic acids is 1. The van der Waals surface area contributed by atoms with Crippen LogP contribution in [0.5, 0.6) is 0 Å². The molecule has 0 aromatic heterocycles. The van der Waals surface area contributed by atoms with Crippen LogP contribution in [0.3, 0.4) is 0 Å². The summed E-state index contributed by atoms with van der Waals surface area (Å²) >= 11 is 3.15. The SMILES string of the molecule is O=C1CN(Cc2ccc(Br)cc2F)C(C(=O)O)CN1. The molecule has 5 nitrogen and oxygen atoms in total. The Morgan fingerprint density at radius 2 is 2.32 bits per heavy atom. The normalized spacial score (nSPS) is 20.1. The number of carboxylic acids is 1. The summed E-state index contributed by atoms with van der Waals surface area (Å²) in [5.41, 5.74) is 0.365. The summed E-state index contributed by atoms with van der Waals surface area (Å²) in [7, 11) is 0. The second-order valence-electron chi connectivity index (χ2n) is 4.30. The summed E-state index contributed by atoms with van der Waals surface area (Å²) in [4.78, 5) is 23.9.